The van der Waals surface area contributed by atoms with E-state index in [-0.39, 0.29) is 5.56 Å². The second-order valence-electron chi connectivity index (χ2n) is 3.37. The van der Waals surface area contributed by atoms with Gasteiger partial charge in [0.1, 0.15) is 5.52 Å². The molecule has 18 heavy (non-hydrogen) atoms. The molecule has 0 fully saturated rings. The molecule has 0 saturated carbocycles. The van der Waals surface area contributed by atoms with Crippen LogP contribution in [-0.4, -0.2) is 28.0 Å². The van der Waals surface area contributed by atoms with E-state index in [0.717, 1.165) is 0 Å². The van der Waals surface area contributed by atoms with Crippen LogP contribution in [0, 0.1) is 0 Å². The molecule has 1 aromatic heterocycles. The van der Waals surface area contributed by atoms with Crippen molar-refractivity contribution in [2.24, 2.45) is 0 Å². The number of hydrogen-bond acceptors (Lipinski definition) is 5. The summed E-state index contributed by atoms with van der Waals surface area (Å²) in [5, 5.41) is 8.39. The van der Waals surface area contributed by atoms with Crippen molar-refractivity contribution in [2.45, 2.75) is 13.8 Å². The van der Waals surface area contributed by atoms with Crippen LogP contribution in [0.15, 0.2) is 29.1 Å². The molecule has 0 spiro atoms. The van der Waals surface area contributed by atoms with E-state index in [1.807, 2.05) is 19.9 Å². The minimum absolute atomic E-state index is 0.242. The van der Waals surface area contributed by atoms with E-state index in [0.29, 0.717) is 24.1 Å². The summed E-state index contributed by atoms with van der Waals surface area (Å²) in [6.45, 7) is 4.58. The van der Waals surface area contributed by atoms with Gasteiger partial charge in [-0.25, -0.2) is 0 Å². The average molecular weight is 267 g/mol. The van der Waals surface area contributed by atoms with Gasteiger partial charge >= 0.3 is 8.53 Å². The lowest BCUT2D eigenvalue weighted by Gasteiger charge is -2.15. The molecule has 0 saturated heterocycles. The normalized spacial score (nSPS) is 11.3. The van der Waals surface area contributed by atoms with Gasteiger partial charge in [0.05, 0.1) is 18.6 Å². The molecule has 0 amide bonds. The summed E-state index contributed by atoms with van der Waals surface area (Å²) >= 11 is 0. The average Bonchev–Trinajstić information content (AvgIpc) is 2.39. The van der Waals surface area contributed by atoms with E-state index >= 15 is 0 Å². The topological polar surface area (TPSA) is 66.2 Å². The Balaban J connectivity index is 2.50. The Kier molecular flexibility index (Phi) is 4.36. The molecule has 0 aliphatic rings. The second-order valence-corrected chi connectivity index (χ2v) is 4.75. The van der Waals surface area contributed by atoms with Gasteiger partial charge in [0, 0.05) is 0 Å². The first-order valence-corrected chi connectivity index (χ1v) is 6.82. The van der Waals surface area contributed by atoms with Crippen LogP contribution in [0.3, 0.4) is 0 Å². The van der Waals surface area contributed by atoms with Gasteiger partial charge in [0.15, 0.2) is 0 Å². The highest BCUT2D eigenvalue weighted by atomic mass is 31.2. The Morgan fingerprint density at radius 2 is 1.89 bits per heavy atom. The molecule has 0 radical (unpaired) electrons. The zero-order valence-electron chi connectivity index (χ0n) is 10.2. The first kappa shape index (κ1) is 13.1. The fourth-order valence-corrected chi connectivity index (χ4v) is 2.55. The molecular formula is C11H14N3O3P. The minimum atomic E-state index is -1.52. The van der Waals surface area contributed by atoms with E-state index < -0.39 is 8.53 Å². The van der Waals surface area contributed by atoms with Crippen LogP contribution in [0.5, 0.6) is 0 Å². The molecule has 0 aliphatic heterocycles. The zero-order chi connectivity index (χ0) is 13.0. The fourth-order valence-electron chi connectivity index (χ4n) is 1.45. The van der Waals surface area contributed by atoms with Gasteiger partial charge in [-0.15, -0.1) is 9.55 Å². The van der Waals surface area contributed by atoms with Crippen LogP contribution in [0.1, 0.15) is 13.8 Å². The van der Waals surface area contributed by atoms with Crippen LogP contribution < -0.4 is 5.56 Å². The maximum Gasteiger partial charge on any atom is 0.316 e. The first-order chi connectivity index (χ1) is 8.77. The van der Waals surface area contributed by atoms with Gasteiger partial charge in [0.25, 0.3) is 5.56 Å². The van der Waals surface area contributed by atoms with Crippen molar-refractivity contribution in [3.8, 4) is 0 Å². The van der Waals surface area contributed by atoms with Gasteiger partial charge in [-0.1, -0.05) is 17.3 Å². The Morgan fingerprint density at radius 1 is 1.22 bits per heavy atom. The third-order valence-electron chi connectivity index (χ3n) is 2.19. The van der Waals surface area contributed by atoms with Gasteiger partial charge < -0.3 is 9.05 Å². The van der Waals surface area contributed by atoms with Crippen LogP contribution in [-0.2, 0) is 9.05 Å². The predicted octanol–water partition coefficient (Wildman–Crippen LogP) is 1.94. The quantitative estimate of drug-likeness (QED) is 0.774. The molecule has 1 aromatic carbocycles. The third kappa shape index (κ3) is 2.56. The van der Waals surface area contributed by atoms with Crippen molar-refractivity contribution in [1.82, 2.24) is 14.8 Å². The van der Waals surface area contributed by atoms with Crippen molar-refractivity contribution < 1.29 is 9.05 Å². The minimum Gasteiger partial charge on any atom is -0.316 e. The number of hydrogen-bond donors (Lipinski definition) is 0. The molecular weight excluding hydrogens is 253 g/mol. The maximum atomic E-state index is 12.2. The molecule has 2 rings (SSSR count). The van der Waals surface area contributed by atoms with E-state index in [4.69, 9.17) is 9.05 Å². The van der Waals surface area contributed by atoms with E-state index in [2.05, 4.69) is 10.3 Å². The summed E-state index contributed by atoms with van der Waals surface area (Å²) in [5.41, 5.74) is 0.329. The Morgan fingerprint density at radius 3 is 2.56 bits per heavy atom. The second kappa shape index (κ2) is 6.00. The first-order valence-electron chi connectivity index (χ1n) is 5.69. The summed E-state index contributed by atoms with van der Waals surface area (Å²) in [6.07, 6.45) is 0. The van der Waals surface area contributed by atoms with Crippen molar-refractivity contribution in [2.75, 3.05) is 13.2 Å². The molecule has 0 unspecified atom stereocenters. The Bertz CT molecular complexity index is 581. The third-order valence-corrected chi connectivity index (χ3v) is 3.72. The van der Waals surface area contributed by atoms with Crippen molar-refractivity contribution in [3.05, 3.63) is 34.6 Å². The van der Waals surface area contributed by atoms with Crippen LogP contribution in [0.2, 0.25) is 0 Å². The Labute approximate surface area is 105 Å². The highest BCUT2D eigenvalue weighted by molar-refractivity contribution is 7.45. The summed E-state index contributed by atoms with van der Waals surface area (Å²) in [7, 11) is -1.52. The lowest BCUT2D eigenvalue weighted by Crippen LogP contribution is -2.22. The molecule has 0 aliphatic carbocycles. The predicted molar refractivity (Wildman–Crippen MR) is 69.4 cm³/mol. The summed E-state index contributed by atoms with van der Waals surface area (Å²) < 4.78 is 12.0. The Hall–Kier alpha value is -1.36. The molecule has 0 N–H and O–H groups in total. The van der Waals surface area contributed by atoms with Gasteiger partial charge in [0.2, 0.25) is 0 Å². The lowest BCUT2D eigenvalue weighted by molar-refractivity contribution is 0.257. The van der Waals surface area contributed by atoms with E-state index in [9.17, 15) is 4.79 Å². The molecule has 0 bridgehead atoms. The molecule has 1 heterocycles. The van der Waals surface area contributed by atoms with Gasteiger partial charge in [-0.3, -0.25) is 4.79 Å². The summed E-state index contributed by atoms with van der Waals surface area (Å²) in [6, 6.07) is 7.07. The van der Waals surface area contributed by atoms with Crippen molar-refractivity contribution in [3.63, 3.8) is 0 Å². The lowest BCUT2D eigenvalue weighted by atomic mass is 10.2. The number of rotatable bonds is 5. The molecule has 96 valence electrons. The number of fused-ring (bicyclic) bond motifs is 1. The largest absolute Gasteiger partial charge is 0.316 e. The maximum absolute atomic E-state index is 12.2. The molecule has 0 atom stereocenters. The van der Waals surface area contributed by atoms with Gasteiger partial charge in [-0.05, 0) is 26.0 Å². The number of nitrogens with zero attached hydrogens (tertiary/aromatic N) is 3. The van der Waals surface area contributed by atoms with Crippen LogP contribution in [0.25, 0.3) is 10.9 Å². The van der Waals surface area contributed by atoms with E-state index in [1.165, 1.54) is 4.45 Å². The molecule has 7 heteroatoms. The molecule has 2 aromatic rings. The van der Waals surface area contributed by atoms with Crippen molar-refractivity contribution >= 4 is 19.4 Å². The molecule has 6 nitrogen and oxygen atoms in total. The standard InChI is InChI=1S/C11H14N3O3P/c1-3-16-18(17-4-2)14-11(15)9-7-5-6-8-10(9)12-13-14/h5-8H,3-4H2,1-2H3. The SMILES string of the molecule is CCOP(OCC)n1nnc2ccccc2c1=O. The van der Waals surface area contributed by atoms with Crippen LogP contribution in [0.4, 0.5) is 0 Å². The van der Waals surface area contributed by atoms with Crippen molar-refractivity contribution in [1.29, 1.82) is 0 Å². The summed E-state index contributed by atoms with van der Waals surface area (Å²) in [4.78, 5) is 12.2. The highest BCUT2D eigenvalue weighted by Crippen LogP contribution is 2.37. The monoisotopic (exact) mass is 267 g/mol. The number of benzene rings is 1. The van der Waals surface area contributed by atoms with Crippen LogP contribution >= 0.6 is 8.53 Å². The summed E-state index contributed by atoms with van der Waals surface area (Å²) in [5.74, 6) is 0. The van der Waals surface area contributed by atoms with E-state index in [1.54, 1.807) is 18.2 Å². The number of aromatic nitrogens is 3. The smallest absolute Gasteiger partial charge is 0.316 e. The fraction of sp³-hybridized carbons (Fsp3) is 0.364. The zero-order valence-corrected chi connectivity index (χ0v) is 11.1. The van der Waals surface area contributed by atoms with Gasteiger partial charge in [-0.2, -0.15) is 0 Å². The highest BCUT2D eigenvalue weighted by Gasteiger charge is 2.17.